The monoisotopic (exact) mass is 408 g/mol. The van der Waals surface area contributed by atoms with E-state index >= 15 is 0 Å². The van der Waals surface area contributed by atoms with Crippen LogP contribution in [0.5, 0.6) is 5.75 Å². The van der Waals surface area contributed by atoms with Gasteiger partial charge in [-0.05, 0) is 35.9 Å². The number of fused-ring (bicyclic) bond motifs is 1. The van der Waals surface area contributed by atoms with E-state index in [0.717, 1.165) is 33.3 Å². The summed E-state index contributed by atoms with van der Waals surface area (Å²) < 4.78 is 8.21. The van der Waals surface area contributed by atoms with Crippen molar-refractivity contribution in [2.45, 2.75) is 6.61 Å². The maximum atomic E-state index is 12.5. The van der Waals surface area contributed by atoms with Crippen LogP contribution in [0, 0.1) is 0 Å². The average molecular weight is 408 g/mol. The summed E-state index contributed by atoms with van der Waals surface area (Å²) in [7, 11) is 1.98. The van der Waals surface area contributed by atoms with Gasteiger partial charge >= 0.3 is 0 Å². The molecule has 6 heteroatoms. The van der Waals surface area contributed by atoms with Gasteiger partial charge in [0.25, 0.3) is 5.91 Å². The molecule has 0 radical (unpaired) electrons. The quantitative estimate of drug-likeness (QED) is 0.506. The predicted molar refractivity (Wildman–Crippen MR) is 121 cm³/mol. The lowest BCUT2D eigenvalue weighted by molar-refractivity contribution is -0.116. The summed E-state index contributed by atoms with van der Waals surface area (Å²) in [5.74, 6) is 0.533. The van der Waals surface area contributed by atoms with E-state index in [0.29, 0.717) is 17.9 Å². The maximum absolute atomic E-state index is 12.5. The van der Waals surface area contributed by atoms with E-state index < -0.39 is 0 Å². The van der Waals surface area contributed by atoms with Crippen molar-refractivity contribution in [1.29, 1.82) is 0 Å². The van der Waals surface area contributed by atoms with Gasteiger partial charge in [0.15, 0.2) is 0 Å². The van der Waals surface area contributed by atoms with Crippen LogP contribution in [-0.2, 0) is 18.4 Å². The molecule has 2 aromatic heterocycles. The number of nitrogens with one attached hydrogen (secondary N) is 1. The van der Waals surface area contributed by atoms with Crippen molar-refractivity contribution in [3.63, 3.8) is 0 Å². The van der Waals surface area contributed by atoms with Gasteiger partial charge in [0.05, 0.1) is 11.1 Å². The van der Waals surface area contributed by atoms with Gasteiger partial charge in [-0.1, -0.05) is 36.4 Å². The van der Waals surface area contributed by atoms with Gasteiger partial charge in [-0.15, -0.1) is 0 Å². The molecule has 5 rings (SSSR count). The minimum Gasteiger partial charge on any atom is -0.488 e. The summed E-state index contributed by atoms with van der Waals surface area (Å²) >= 11 is 0. The van der Waals surface area contributed by atoms with Crippen LogP contribution in [-0.4, -0.2) is 21.2 Å². The molecular formula is C25H20N4O2. The molecule has 0 aliphatic carbocycles. The van der Waals surface area contributed by atoms with Gasteiger partial charge in [0.1, 0.15) is 18.1 Å². The Morgan fingerprint density at radius 1 is 1.06 bits per heavy atom. The van der Waals surface area contributed by atoms with Crippen LogP contribution in [0.2, 0.25) is 0 Å². The molecule has 1 amide bonds. The van der Waals surface area contributed by atoms with Crippen molar-refractivity contribution in [3.05, 3.63) is 102 Å². The highest BCUT2D eigenvalue weighted by atomic mass is 16.5. The van der Waals surface area contributed by atoms with Gasteiger partial charge in [0.2, 0.25) is 0 Å². The molecule has 0 fully saturated rings. The molecule has 0 atom stereocenters. The van der Waals surface area contributed by atoms with Crippen LogP contribution in [0.3, 0.4) is 0 Å². The molecule has 0 saturated carbocycles. The number of benzene rings is 2. The number of carbonyl (C=O) groups excluding carboxylic acids is 1. The smallest absolute Gasteiger partial charge is 0.273 e. The highest BCUT2D eigenvalue weighted by molar-refractivity contribution is 6.33. The Labute approximate surface area is 179 Å². The average Bonchev–Trinajstić information content (AvgIpc) is 3.34. The SMILES string of the molecule is Cn1cc(/C=C2\C(=O)NN=C2c2cccnc2)c2c(OCc3ccccc3)cccc21. The number of amides is 1. The summed E-state index contributed by atoms with van der Waals surface area (Å²) in [6.45, 7) is 0.466. The van der Waals surface area contributed by atoms with Crippen molar-refractivity contribution < 1.29 is 9.53 Å². The van der Waals surface area contributed by atoms with E-state index in [-0.39, 0.29) is 5.91 Å². The molecule has 2 aromatic carbocycles. The zero-order valence-corrected chi connectivity index (χ0v) is 16.9. The molecule has 4 aromatic rings. The van der Waals surface area contributed by atoms with Gasteiger partial charge in [0, 0.05) is 42.2 Å². The number of carbonyl (C=O) groups is 1. The van der Waals surface area contributed by atoms with E-state index in [1.165, 1.54) is 0 Å². The minimum atomic E-state index is -0.237. The first kappa shape index (κ1) is 18.8. The Hall–Kier alpha value is -4.19. The Morgan fingerprint density at radius 2 is 1.94 bits per heavy atom. The predicted octanol–water partition coefficient (Wildman–Crippen LogP) is 4.07. The third-order valence-corrected chi connectivity index (χ3v) is 5.25. The van der Waals surface area contributed by atoms with E-state index in [1.54, 1.807) is 12.4 Å². The summed E-state index contributed by atoms with van der Waals surface area (Å²) in [5, 5.41) is 5.18. The standard InChI is InChI=1S/C25H20N4O2/c1-29-15-19(13-20-24(27-28-25(20)30)18-9-6-12-26-14-18)23-21(29)10-5-11-22(23)31-16-17-7-3-2-4-8-17/h2-15H,16H2,1H3,(H,28,30)/b20-13-. The van der Waals surface area contributed by atoms with Crippen molar-refractivity contribution in [1.82, 2.24) is 15.0 Å². The van der Waals surface area contributed by atoms with Gasteiger partial charge in [-0.2, -0.15) is 5.10 Å². The number of hydrazone groups is 1. The lowest BCUT2D eigenvalue weighted by atomic mass is 10.0. The van der Waals surface area contributed by atoms with Crippen LogP contribution < -0.4 is 10.2 Å². The first-order chi connectivity index (χ1) is 15.2. The Bertz CT molecular complexity index is 1320. The Balaban J connectivity index is 1.57. The highest BCUT2D eigenvalue weighted by Crippen LogP contribution is 2.33. The number of ether oxygens (including phenoxy) is 1. The first-order valence-electron chi connectivity index (χ1n) is 9.96. The van der Waals surface area contributed by atoms with Crippen LogP contribution >= 0.6 is 0 Å². The van der Waals surface area contributed by atoms with Crippen LogP contribution in [0.4, 0.5) is 0 Å². The lowest BCUT2D eigenvalue weighted by Gasteiger charge is -2.09. The Morgan fingerprint density at radius 3 is 2.74 bits per heavy atom. The maximum Gasteiger partial charge on any atom is 0.273 e. The lowest BCUT2D eigenvalue weighted by Crippen LogP contribution is -2.13. The summed E-state index contributed by atoms with van der Waals surface area (Å²) in [4.78, 5) is 16.7. The fourth-order valence-corrected chi connectivity index (χ4v) is 3.76. The summed E-state index contributed by atoms with van der Waals surface area (Å²) in [6, 6.07) is 19.7. The zero-order valence-electron chi connectivity index (χ0n) is 16.9. The molecule has 0 bridgehead atoms. The molecule has 0 unspecified atom stereocenters. The van der Waals surface area contributed by atoms with Crippen LogP contribution in [0.1, 0.15) is 16.7 Å². The van der Waals surface area contributed by atoms with Crippen molar-refractivity contribution in [3.8, 4) is 5.75 Å². The van der Waals surface area contributed by atoms with Gasteiger partial charge in [-0.25, -0.2) is 5.43 Å². The number of aromatic nitrogens is 2. The first-order valence-corrected chi connectivity index (χ1v) is 9.96. The molecule has 152 valence electrons. The van der Waals surface area contributed by atoms with Crippen LogP contribution in [0.25, 0.3) is 17.0 Å². The minimum absolute atomic E-state index is 0.237. The highest BCUT2D eigenvalue weighted by Gasteiger charge is 2.25. The summed E-state index contributed by atoms with van der Waals surface area (Å²) in [6.07, 6.45) is 7.26. The van der Waals surface area contributed by atoms with Crippen LogP contribution in [0.15, 0.2) is 89.9 Å². The van der Waals surface area contributed by atoms with Crippen molar-refractivity contribution >= 4 is 28.6 Å². The molecule has 3 heterocycles. The molecule has 1 N–H and O–H groups in total. The number of pyridine rings is 1. The topological polar surface area (TPSA) is 68.5 Å². The molecule has 6 nitrogen and oxygen atoms in total. The number of nitrogens with zero attached hydrogens (tertiary/aromatic N) is 3. The number of rotatable bonds is 5. The van der Waals surface area contributed by atoms with E-state index in [2.05, 4.69) is 15.5 Å². The van der Waals surface area contributed by atoms with Crippen molar-refractivity contribution in [2.24, 2.45) is 12.1 Å². The second-order valence-electron chi connectivity index (χ2n) is 7.32. The van der Waals surface area contributed by atoms with E-state index in [4.69, 9.17) is 4.74 Å². The second-order valence-corrected chi connectivity index (χ2v) is 7.32. The third kappa shape index (κ3) is 3.59. The molecule has 31 heavy (non-hydrogen) atoms. The van der Waals surface area contributed by atoms with Gasteiger partial charge < -0.3 is 9.30 Å². The van der Waals surface area contributed by atoms with E-state index in [1.807, 2.05) is 84.6 Å². The summed E-state index contributed by atoms with van der Waals surface area (Å²) in [5.41, 5.74) is 7.45. The molecule has 1 aliphatic rings. The fourth-order valence-electron chi connectivity index (χ4n) is 3.76. The molecule has 1 aliphatic heterocycles. The number of hydrogen-bond donors (Lipinski definition) is 1. The molecule has 0 spiro atoms. The van der Waals surface area contributed by atoms with E-state index in [9.17, 15) is 4.79 Å². The largest absolute Gasteiger partial charge is 0.488 e. The molecule has 0 saturated heterocycles. The second kappa shape index (κ2) is 7.91. The Kier molecular flexibility index (Phi) is 4.80. The molecular weight excluding hydrogens is 388 g/mol. The van der Waals surface area contributed by atoms with Gasteiger partial charge in [-0.3, -0.25) is 9.78 Å². The van der Waals surface area contributed by atoms with Crippen molar-refractivity contribution in [2.75, 3.05) is 0 Å². The third-order valence-electron chi connectivity index (χ3n) is 5.25. The number of aryl methyl sites for hydroxylation is 1. The zero-order chi connectivity index (χ0) is 21.2. The normalized spacial score (nSPS) is 14.7. The fraction of sp³-hybridized carbons (Fsp3) is 0.0800. The number of hydrogen-bond acceptors (Lipinski definition) is 4.